The van der Waals surface area contributed by atoms with Gasteiger partial charge in [0.1, 0.15) is 0 Å². The quantitative estimate of drug-likeness (QED) is 0.228. The molecule has 4 atom stereocenters. The van der Waals surface area contributed by atoms with E-state index in [9.17, 15) is 20.0 Å². The second-order valence-electron chi connectivity index (χ2n) is 11.3. The Bertz CT molecular complexity index is 1380. The van der Waals surface area contributed by atoms with Crippen molar-refractivity contribution in [2.75, 3.05) is 44.2 Å². The number of benzene rings is 3. The number of anilines is 1. The molecule has 0 unspecified atom stereocenters. The van der Waals surface area contributed by atoms with E-state index in [4.69, 9.17) is 9.47 Å². The number of piperazine rings is 1. The van der Waals surface area contributed by atoms with Gasteiger partial charge in [-0.05, 0) is 35.7 Å². The largest absolute Gasteiger partial charge is 0.392 e. The lowest BCUT2D eigenvalue weighted by atomic mass is 9.90. The van der Waals surface area contributed by atoms with Gasteiger partial charge in [0, 0.05) is 75.1 Å². The van der Waals surface area contributed by atoms with E-state index in [1.807, 2.05) is 67.6 Å². The Kier molecular flexibility index (Phi) is 10.4. The van der Waals surface area contributed by atoms with Crippen LogP contribution in [0.1, 0.15) is 48.5 Å². The first kappa shape index (κ1) is 31.4. The van der Waals surface area contributed by atoms with E-state index in [0.717, 1.165) is 60.7 Å². The molecule has 11 nitrogen and oxygen atoms in total. The van der Waals surface area contributed by atoms with E-state index >= 15 is 0 Å². The summed E-state index contributed by atoms with van der Waals surface area (Å²) in [6.45, 7) is 9.09. The Morgan fingerprint density at radius 1 is 0.909 bits per heavy atom. The van der Waals surface area contributed by atoms with Crippen molar-refractivity contribution in [1.82, 2.24) is 15.5 Å². The summed E-state index contributed by atoms with van der Waals surface area (Å²) < 4.78 is 13.2. The number of urea groups is 1. The minimum absolute atomic E-state index is 0.0110. The van der Waals surface area contributed by atoms with Crippen molar-refractivity contribution in [3.05, 3.63) is 105 Å². The summed E-state index contributed by atoms with van der Waals surface area (Å²) in [5.74, 6) is 0.0690. The molecule has 2 amide bonds. The van der Waals surface area contributed by atoms with E-state index in [1.54, 1.807) is 12.1 Å². The molecule has 3 aromatic carbocycles. The molecule has 0 bridgehead atoms. The fourth-order valence-electron chi connectivity index (χ4n) is 5.75. The molecule has 234 valence electrons. The number of nitro benzene ring substituents is 1. The smallest absolute Gasteiger partial charge is 0.315 e. The molecule has 2 heterocycles. The minimum Gasteiger partial charge on any atom is -0.392 e. The van der Waals surface area contributed by atoms with E-state index in [0.29, 0.717) is 13.1 Å². The first-order valence-corrected chi connectivity index (χ1v) is 15.2. The van der Waals surface area contributed by atoms with Crippen molar-refractivity contribution >= 4 is 17.4 Å². The topological polar surface area (TPSA) is 129 Å². The summed E-state index contributed by atoms with van der Waals surface area (Å²) in [6, 6.07) is 22.4. The Hall–Kier alpha value is -4.03. The third-order valence-corrected chi connectivity index (χ3v) is 8.40. The molecule has 2 aliphatic rings. The van der Waals surface area contributed by atoms with Crippen molar-refractivity contribution in [2.45, 2.75) is 45.5 Å². The molecule has 2 saturated heterocycles. The highest BCUT2D eigenvalue weighted by molar-refractivity contribution is 5.73. The van der Waals surface area contributed by atoms with Crippen molar-refractivity contribution in [3.63, 3.8) is 0 Å². The average Bonchev–Trinajstić information content (AvgIpc) is 3.05. The predicted molar refractivity (Wildman–Crippen MR) is 167 cm³/mol. The fourth-order valence-corrected chi connectivity index (χ4v) is 5.75. The third-order valence-electron chi connectivity index (χ3n) is 8.40. The second-order valence-corrected chi connectivity index (χ2v) is 11.3. The number of aliphatic hydroxyl groups excluding tert-OH is 1. The highest BCUT2D eigenvalue weighted by Crippen LogP contribution is 2.42. The van der Waals surface area contributed by atoms with E-state index < -0.39 is 6.29 Å². The van der Waals surface area contributed by atoms with Crippen LogP contribution in [0.2, 0.25) is 0 Å². The van der Waals surface area contributed by atoms with Crippen molar-refractivity contribution < 1.29 is 24.3 Å². The molecule has 3 aromatic rings. The monoisotopic (exact) mass is 603 g/mol. The number of ether oxygens (including phenoxy) is 2. The lowest BCUT2D eigenvalue weighted by Gasteiger charge is -2.44. The summed E-state index contributed by atoms with van der Waals surface area (Å²) in [4.78, 5) is 27.1. The van der Waals surface area contributed by atoms with Crippen LogP contribution in [0, 0.1) is 16.0 Å². The van der Waals surface area contributed by atoms with Crippen LogP contribution in [0.15, 0.2) is 72.8 Å². The van der Waals surface area contributed by atoms with E-state index in [2.05, 4.69) is 27.4 Å². The van der Waals surface area contributed by atoms with Gasteiger partial charge in [-0.1, -0.05) is 55.5 Å². The number of amides is 2. The Morgan fingerprint density at radius 3 is 2.16 bits per heavy atom. The first-order chi connectivity index (χ1) is 21.3. The van der Waals surface area contributed by atoms with Crippen LogP contribution in [-0.4, -0.2) is 66.3 Å². The molecular formula is C33H41N5O6. The fraction of sp³-hybridized carbons (Fsp3) is 0.424. The molecule has 2 aliphatic heterocycles. The zero-order valence-electron chi connectivity index (χ0n) is 25.2. The molecule has 2 fully saturated rings. The van der Waals surface area contributed by atoms with Gasteiger partial charge in [-0.25, -0.2) is 4.79 Å². The van der Waals surface area contributed by atoms with Gasteiger partial charge in [-0.2, -0.15) is 0 Å². The van der Waals surface area contributed by atoms with Crippen LogP contribution in [-0.2, 0) is 22.6 Å². The van der Waals surface area contributed by atoms with Crippen LogP contribution in [0.25, 0.3) is 0 Å². The maximum Gasteiger partial charge on any atom is 0.315 e. The van der Waals surface area contributed by atoms with Gasteiger partial charge in [-0.3, -0.25) is 15.0 Å². The summed E-state index contributed by atoms with van der Waals surface area (Å²) in [5.41, 5.74) is 4.86. The number of rotatable bonds is 10. The lowest BCUT2D eigenvalue weighted by molar-refractivity contribution is -0.384. The molecule has 0 aliphatic carbocycles. The number of carbonyl (C=O) groups excluding carboxylic acids is 1. The molecule has 0 spiro atoms. The molecule has 5 rings (SSSR count). The van der Waals surface area contributed by atoms with E-state index in [-0.39, 0.29) is 41.4 Å². The van der Waals surface area contributed by atoms with Crippen LogP contribution < -0.4 is 15.5 Å². The minimum atomic E-state index is -0.564. The number of nitrogens with zero attached hydrogens (tertiary/aromatic N) is 3. The zero-order valence-corrected chi connectivity index (χ0v) is 25.2. The number of aliphatic hydroxyl groups is 1. The van der Waals surface area contributed by atoms with Crippen molar-refractivity contribution in [3.8, 4) is 0 Å². The van der Waals surface area contributed by atoms with Crippen molar-refractivity contribution in [2.24, 2.45) is 5.92 Å². The summed E-state index contributed by atoms with van der Waals surface area (Å²) in [5, 5.41) is 26.1. The van der Waals surface area contributed by atoms with Gasteiger partial charge in [-0.15, -0.1) is 0 Å². The number of non-ortho nitro benzene ring substituents is 1. The van der Waals surface area contributed by atoms with E-state index in [1.165, 1.54) is 0 Å². The zero-order chi connectivity index (χ0) is 31.1. The highest BCUT2D eigenvalue weighted by atomic mass is 16.7. The van der Waals surface area contributed by atoms with Gasteiger partial charge in [0.25, 0.3) is 5.69 Å². The van der Waals surface area contributed by atoms with Crippen molar-refractivity contribution in [1.29, 1.82) is 0 Å². The maximum absolute atomic E-state index is 11.8. The van der Waals surface area contributed by atoms with Crippen LogP contribution >= 0.6 is 0 Å². The number of hydrogen-bond donors (Lipinski definition) is 3. The summed E-state index contributed by atoms with van der Waals surface area (Å²) in [6.07, 6.45) is -0.862. The Balaban J connectivity index is 1.27. The SMILES string of the molecule is CCNC(=O)NCc1ccc([C@H]2O[C@@H](CN3CCN(c4ccc([N+](=O)[O-])cc4)CC3)[C@@H](C)[C@@H](c3ccc(CO)cc3)O2)cc1. The number of nitrogens with one attached hydrogen (secondary N) is 2. The Morgan fingerprint density at radius 2 is 1.55 bits per heavy atom. The molecule has 0 aromatic heterocycles. The molecule has 0 radical (unpaired) electrons. The molecule has 11 heteroatoms. The first-order valence-electron chi connectivity index (χ1n) is 15.2. The molecule has 44 heavy (non-hydrogen) atoms. The normalized spacial score (nSPS) is 22.4. The number of hydrogen-bond acceptors (Lipinski definition) is 8. The summed E-state index contributed by atoms with van der Waals surface area (Å²) in [7, 11) is 0. The molecule has 0 saturated carbocycles. The van der Waals surface area contributed by atoms with Crippen LogP contribution in [0.5, 0.6) is 0 Å². The molecule has 3 N–H and O–H groups in total. The van der Waals surface area contributed by atoms with Gasteiger partial charge in [0.15, 0.2) is 6.29 Å². The average molecular weight is 604 g/mol. The molecular weight excluding hydrogens is 562 g/mol. The Labute approximate surface area is 257 Å². The predicted octanol–water partition coefficient (Wildman–Crippen LogP) is 4.52. The van der Waals surface area contributed by atoms with Gasteiger partial charge < -0.3 is 30.1 Å². The number of nitro groups is 1. The lowest BCUT2D eigenvalue weighted by Crippen LogP contribution is -2.51. The second kappa shape index (κ2) is 14.6. The number of carbonyl (C=O) groups is 1. The van der Waals surface area contributed by atoms with Gasteiger partial charge in [0.2, 0.25) is 0 Å². The highest BCUT2D eigenvalue weighted by Gasteiger charge is 2.39. The van der Waals surface area contributed by atoms with Gasteiger partial charge in [0.05, 0.1) is 23.7 Å². The van der Waals surface area contributed by atoms with Crippen LogP contribution in [0.3, 0.4) is 0 Å². The maximum atomic E-state index is 11.8. The standard InChI is InChI=1S/C33H41N5O6/c1-3-34-33(40)35-20-24-4-10-27(11-5-24)32-43-30(23(2)31(44-32)26-8-6-25(22-39)7-9-26)21-36-16-18-37(19-17-36)28-12-14-29(15-13-28)38(41)42/h4-15,23,30-32,39H,3,16-22H2,1-2H3,(H2,34,35,40)/t23-,30+,31+,32+/m1/s1. The third kappa shape index (κ3) is 7.72. The van der Waals surface area contributed by atoms with Gasteiger partial charge >= 0.3 is 6.03 Å². The van der Waals surface area contributed by atoms with Crippen LogP contribution in [0.4, 0.5) is 16.2 Å². The summed E-state index contributed by atoms with van der Waals surface area (Å²) >= 11 is 0.